The van der Waals surface area contributed by atoms with Crippen LogP contribution in [0.1, 0.15) is 303 Å². The number of carbonyl (C=O) groups excluding carboxylic acids is 1. The molecule has 4 N–H and O–H groups in total. The van der Waals surface area contributed by atoms with Crippen molar-refractivity contribution >= 4 is 5.91 Å². The van der Waals surface area contributed by atoms with Gasteiger partial charge in [-0.05, 0) is 19.3 Å². The van der Waals surface area contributed by atoms with Gasteiger partial charge in [0.25, 0.3) is 0 Å². The monoisotopic (exact) mass is 834 g/mol. The maximum Gasteiger partial charge on any atom is 0.222 e. The molecule has 0 aromatic carbocycles. The Labute approximate surface area is 369 Å². The first-order valence-electron chi connectivity index (χ1n) is 27.0. The average Bonchev–Trinajstić information content (AvgIpc) is 3.23. The molecule has 0 aromatic heterocycles. The number of rotatable bonds is 50. The highest BCUT2D eigenvalue weighted by atomic mass is 16.3. The maximum atomic E-state index is 12.5. The van der Waals surface area contributed by atoms with E-state index >= 15 is 0 Å². The standard InChI is InChI=1S/C54H107NO4/c1-3-5-7-9-11-13-15-17-19-21-23-24-25-26-27-28-29-30-31-33-35-37-39-41-43-45-47-51(57)49-54(59)55-52(50-56)53(58)48-46-44-42-40-38-36-34-32-22-20-18-16-14-12-10-8-6-4-2/h46,48,51-53,56-58H,3-45,47,49-50H2,1-2H3,(H,55,59)/b48-46+. The molecule has 5 nitrogen and oxygen atoms in total. The first kappa shape index (κ1) is 58.1. The topological polar surface area (TPSA) is 89.8 Å². The molecule has 0 bridgehead atoms. The second-order valence-electron chi connectivity index (χ2n) is 18.9. The lowest BCUT2D eigenvalue weighted by Crippen LogP contribution is -2.45. The molecular weight excluding hydrogens is 727 g/mol. The summed E-state index contributed by atoms with van der Waals surface area (Å²) in [5, 5.41) is 33.4. The summed E-state index contributed by atoms with van der Waals surface area (Å²) in [6.45, 7) is 4.25. The molecule has 0 aliphatic rings. The van der Waals surface area contributed by atoms with Gasteiger partial charge in [0.2, 0.25) is 5.91 Å². The van der Waals surface area contributed by atoms with E-state index in [9.17, 15) is 20.1 Å². The molecular formula is C54H107NO4. The Hall–Kier alpha value is -0.910. The smallest absolute Gasteiger partial charge is 0.222 e. The van der Waals surface area contributed by atoms with Crippen LogP contribution < -0.4 is 5.32 Å². The quantitative estimate of drug-likeness (QED) is 0.0363. The Kier molecular flexibility index (Phi) is 49.0. The number of nitrogens with one attached hydrogen (secondary N) is 1. The summed E-state index contributed by atoms with van der Waals surface area (Å²) in [4.78, 5) is 12.5. The molecule has 0 heterocycles. The fraction of sp³-hybridized carbons (Fsp3) is 0.944. The molecule has 0 fully saturated rings. The van der Waals surface area contributed by atoms with E-state index in [0.29, 0.717) is 6.42 Å². The summed E-state index contributed by atoms with van der Waals surface area (Å²) in [5.41, 5.74) is 0. The number of amides is 1. The van der Waals surface area contributed by atoms with Gasteiger partial charge in [-0.15, -0.1) is 0 Å². The van der Waals surface area contributed by atoms with Gasteiger partial charge in [-0.25, -0.2) is 0 Å². The third kappa shape index (κ3) is 46.4. The van der Waals surface area contributed by atoms with Gasteiger partial charge in [-0.3, -0.25) is 4.79 Å². The molecule has 1 amide bonds. The number of aliphatic hydroxyl groups is 3. The summed E-state index contributed by atoms with van der Waals surface area (Å²) < 4.78 is 0. The van der Waals surface area contributed by atoms with Crippen molar-refractivity contribution in [2.75, 3.05) is 6.61 Å². The van der Waals surface area contributed by atoms with Gasteiger partial charge >= 0.3 is 0 Å². The SMILES string of the molecule is CCCCCCCCCCCCCCCCCC/C=C/C(O)C(CO)NC(=O)CC(O)CCCCCCCCCCCCCCCCCCCCCCCCCCCC. The van der Waals surface area contributed by atoms with E-state index in [1.54, 1.807) is 6.08 Å². The lowest BCUT2D eigenvalue weighted by atomic mass is 10.0. The fourth-order valence-electron chi connectivity index (χ4n) is 8.70. The molecule has 352 valence electrons. The lowest BCUT2D eigenvalue weighted by molar-refractivity contribution is -0.124. The maximum absolute atomic E-state index is 12.5. The van der Waals surface area contributed by atoms with Crippen LogP contribution in [0.25, 0.3) is 0 Å². The second kappa shape index (κ2) is 49.7. The highest BCUT2D eigenvalue weighted by Crippen LogP contribution is 2.18. The first-order chi connectivity index (χ1) is 29.0. The van der Waals surface area contributed by atoms with Crippen LogP contribution in [0.5, 0.6) is 0 Å². The summed E-state index contributed by atoms with van der Waals surface area (Å²) in [6, 6.07) is -0.740. The number of unbranched alkanes of at least 4 members (excludes halogenated alkanes) is 41. The van der Waals surface area contributed by atoms with Crippen molar-refractivity contribution < 1.29 is 20.1 Å². The van der Waals surface area contributed by atoms with Crippen LogP contribution in [0.2, 0.25) is 0 Å². The van der Waals surface area contributed by atoms with E-state index in [2.05, 4.69) is 19.2 Å². The summed E-state index contributed by atoms with van der Waals surface area (Å²) in [5.74, 6) is -0.309. The molecule has 5 heteroatoms. The zero-order valence-corrected chi connectivity index (χ0v) is 40.2. The zero-order valence-electron chi connectivity index (χ0n) is 40.2. The Morgan fingerprint density at radius 3 is 0.983 bits per heavy atom. The molecule has 0 spiro atoms. The normalized spacial score (nSPS) is 13.4. The van der Waals surface area contributed by atoms with Crippen LogP contribution in [0, 0.1) is 0 Å². The molecule has 3 unspecified atom stereocenters. The Balaban J connectivity index is 3.53. The molecule has 0 radical (unpaired) electrons. The van der Waals surface area contributed by atoms with Crippen molar-refractivity contribution in [2.45, 2.75) is 321 Å². The lowest BCUT2D eigenvalue weighted by Gasteiger charge is -2.21. The van der Waals surface area contributed by atoms with Crippen molar-refractivity contribution in [3.8, 4) is 0 Å². The van der Waals surface area contributed by atoms with E-state index < -0.39 is 18.2 Å². The van der Waals surface area contributed by atoms with Gasteiger partial charge in [-0.2, -0.15) is 0 Å². The van der Waals surface area contributed by atoms with Gasteiger partial charge < -0.3 is 20.6 Å². The zero-order chi connectivity index (χ0) is 43.0. The molecule has 0 rings (SSSR count). The van der Waals surface area contributed by atoms with Crippen molar-refractivity contribution in [2.24, 2.45) is 0 Å². The van der Waals surface area contributed by atoms with Crippen LogP contribution in [-0.4, -0.2) is 46.1 Å². The van der Waals surface area contributed by atoms with Gasteiger partial charge in [-0.1, -0.05) is 289 Å². The minimum atomic E-state index is -0.925. The van der Waals surface area contributed by atoms with Crippen LogP contribution >= 0.6 is 0 Å². The van der Waals surface area contributed by atoms with E-state index in [-0.39, 0.29) is 18.9 Å². The molecule has 0 saturated heterocycles. The molecule has 0 aliphatic carbocycles. The fourth-order valence-corrected chi connectivity index (χ4v) is 8.70. The third-order valence-electron chi connectivity index (χ3n) is 12.8. The van der Waals surface area contributed by atoms with Crippen LogP contribution in [0.3, 0.4) is 0 Å². The number of hydrogen-bond acceptors (Lipinski definition) is 4. The summed E-state index contributed by atoms with van der Waals surface area (Å²) >= 11 is 0. The average molecular weight is 834 g/mol. The number of aliphatic hydroxyl groups excluding tert-OH is 3. The minimum Gasteiger partial charge on any atom is -0.394 e. The van der Waals surface area contributed by atoms with E-state index in [1.165, 1.54) is 250 Å². The predicted molar refractivity (Wildman–Crippen MR) is 259 cm³/mol. The third-order valence-corrected chi connectivity index (χ3v) is 12.8. The second-order valence-corrected chi connectivity index (χ2v) is 18.9. The summed E-state index contributed by atoms with van der Waals surface area (Å²) in [6.07, 6.45) is 61.1. The number of carbonyl (C=O) groups is 1. The molecule has 0 aromatic rings. The minimum absolute atomic E-state index is 0.0194. The molecule has 0 aliphatic heterocycles. The van der Waals surface area contributed by atoms with E-state index in [4.69, 9.17) is 0 Å². The highest BCUT2D eigenvalue weighted by Gasteiger charge is 2.20. The van der Waals surface area contributed by atoms with Gasteiger partial charge in [0.1, 0.15) is 0 Å². The Morgan fingerprint density at radius 2 is 0.695 bits per heavy atom. The largest absolute Gasteiger partial charge is 0.394 e. The molecule has 59 heavy (non-hydrogen) atoms. The van der Waals surface area contributed by atoms with Crippen molar-refractivity contribution in [1.82, 2.24) is 5.32 Å². The van der Waals surface area contributed by atoms with Crippen molar-refractivity contribution in [1.29, 1.82) is 0 Å². The molecule has 3 atom stereocenters. The highest BCUT2D eigenvalue weighted by molar-refractivity contribution is 5.76. The van der Waals surface area contributed by atoms with Crippen LogP contribution in [0.4, 0.5) is 0 Å². The number of allylic oxidation sites excluding steroid dienone is 1. The number of hydrogen-bond donors (Lipinski definition) is 4. The van der Waals surface area contributed by atoms with Crippen LogP contribution in [-0.2, 0) is 4.79 Å². The first-order valence-corrected chi connectivity index (χ1v) is 27.0. The summed E-state index contributed by atoms with van der Waals surface area (Å²) in [7, 11) is 0. The van der Waals surface area contributed by atoms with E-state index in [1.807, 2.05) is 6.08 Å². The predicted octanol–water partition coefficient (Wildman–Crippen LogP) is 16.3. The molecule has 0 saturated carbocycles. The van der Waals surface area contributed by atoms with Crippen LogP contribution in [0.15, 0.2) is 12.2 Å². The van der Waals surface area contributed by atoms with Crippen molar-refractivity contribution in [3.63, 3.8) is 0 Å². The van der Waals surface area contributed by atoms with Crippen molar-refractivity contribution in [3.05, 3.63) is 12.2 Å². The Bertz CT molecular complexity index is 833. The van der Waals surface area contributed by atoms with Gasteiger partial charge in [0, 0.05) is 0 Å². The van der Waals surface area contributed by atoms with Gasteiger partial charge in [0.15, 0.2) is 0 Å². The Morgan fingerprint density at radius 1 is 0.424 bits per heavy atom. The van der Waals surface area contributed by atoms with Gasteiger partial charge in [0.05, 0.1) is 31.3 Å². The van der Waals surface area contributed by atoms with E-state index in [0.717, 1.165) is 25.7 Å².